The molecule has 0 N–H and O–H groups in total. The molecule has 70 valence electrons. The lowest BCUT2D eigenvalue weighted by Crippen LogP contribution is -2.19. The molecule has 2 nitrogen and oxygen atoms in total. The highest BCUT2D eigenvalue weighted by molar-refractivity contribution is 7.08. The fraction of sp³-hybridized carbons (Fsp3) is 0.400. The maximum atomic E-state index is 11.6. The van der Waals surface area contributed by atoms with E-state index in [1.54, 1.807) is 25.3 Å². The summed E-state index contributed by atoms with van der Waals surface area (Å²) in [5, 5.41) is 3.62. The Bertz CT molecular complexity index is 301. The van der Waals surface area contributed by atoms with Crippen molar-refractivity contribution < 1.29 is 9.59 Å². The average Bonchev–Trinajstić information content (AvgIpc) is 2.67. The van der Waals surface area contributed by atoms with E-state index in [1.807, 2.05) is 5.38 Å². The summed E-state index contributed by atoms with van der Waals surface area (Å²) in [7, 11) is 0. The van der Waals surface area contributed by atoms with Crippen LogP contribution in [0.4, 0.5) is 0 Å². The lowest BCUT2D eigenvalue weighted by Gasteiger charge is -2.05. The van der Waals surface area contributed by atoms with Gasteiger partial charge in [0.15, 0.2) is 5.78 Å². The first-order chi connectivity index (χ1) is 6.16. The molecule has 3 heteroatoms. The summed E-state index contributed by atoms with van der Waals surface area (Å²) in [6, 6.07) is 1.76. The normalized spacial score (nSPS) is 12.5. The van der Waals surface area contributed by atoms with Gasteiger partial charge in [-0.2, -0.15) is 11.3 Å². The van der Waals surface area contributed by atoms with Gasteiger partial charge in [0.25, 0.3) is 0 Å². The van der Waals surface area contributed by atoms with Crippen molar-refractivity contribution in [2.24, 2.45) is 5.92 Å². The second-order valence-electron chi connectivity index (χ2n) is 2.92. The van der Waals surface area contributed by atoms with Gasteiger partial charge < -0.3 is 0 Å². The van der Waals surface area contributed by atoms with Crippen molar-refractivity contribution in [3.8, 4) is 0 Å². The molecule has 1 atom stereocenters. The highest BCUT2D eigenvalue weighted by atomic mass is 32.1. The molecule has 0 aliphatic rings. The van der Waals surface area contributed by atoms with Crippen LogP contribution in [0.2, 0.25) is 0 Å². The third-order valence-corrected chi connectivity index (χ3v) is 2.71. The predicted molar refractivity (Wildman–Crippen MR) is 53.1 cm³/mol. The molecule has 0 bridgehead atoms. The van der Waals surface area contributed by atoms with Crippen LogP contribution < -0.4 is 0 Å². The molecule has 1 unspecified atom stereocenters. The first-order valence-electron chi connectivity index (χ1n) is 4.26. The minimum Gasteiger partial charge on any atom is -0.299 e. The summed E-state index contributed by atoms with van der Waals surface area (Å²) in [5.41, 5.74) is 0.652. The maximum absolute atomic E-state index is 11.6. The summed E-state index contributed by atoms with van der Waals surface area (Å²) in [6.07, 6.45) is 0.428. The largest absolute Gasteiger partial charge is 0.299 e. The van der Waals surface area contributed by atoms with E-state index in [2.05, 4.69) is 0 Å². The third kappa shape index (κ3) is 2.25. The van der Waals surface area contributed by atoms with Crippen LogP contribution in [0.1, 0.15) is 30.6 Å². The Balaban J connectivity index is 2.74. The summed E-state index contributed by atoms with van der Waals surface area (Å²) < 4.78 is 0. The van der Waals surface area contributed by atoms with Crippen LogP contribution in [0.15, 0.2) is 16.8 Å². The van der Waals surface area contributed by atoms with E-state index >= 15 is 0 Å². The highest BCUT2D eigenvalue weighted by Crippen LogP contribution is 2.13. The van der Waals surface area contributed by atoms with Crippen molar-refractivity contribution >= 4 is 22.9 Å². The Morgan fingerprint density at radius 2 is 2.23 bits per heavy atom. The van der Waals surface area contributed by atoms with E-state index in [1.165, 1.54) is 11.3 Å². The Labute approximate surface area is 81.6 Å². The standard InChI is InChI=1S/C10H12O2S/c1-3-9(11)7(2)10(12)8-4-5-13-6-8/h4-7H,3H2,1-2H3. The molecule has 0 fully saturated rings. The zero-order valence-corrected chi connectivity index (χ0v) is 8.56. The van der Waals surface area contributed by atoms with Crippen molar-refractivity contribution in [3.63, 3.8) is 0 Å². The fourth-order valence-corrected chi connectivity index (χ4v) is 1.75. The molecule has 0 saturated carbocycles. The molecule has 13 heavy (non-hydrogen) atoms. The topological polar surface area (TPSA) is 34.1 Å². The molecule has 1 aromatic rings. The van der Waals surface area contributed by atoms with Crippen molar-refractivity contribution in [2.75, 3.05) is 0 Å². The number of Topliss-reactive ketones (excluding diaryl/α,β-unsaturated/α-hetero) is 2. The Morgan fingerprint density at radius 1 is 1.54 bits per heavy atom. The van der Waals surface area contributed by atoms with E-state index in [0.717, 1.165) is 0 Å². The zero-order valence-electron chi connectivity index (χ0n) is 7.74. The molecule has 1 heterocycles. The summed E-state index contributed by atoms with van der Waals surface area (Å²) >= 11 is 1.47. The van der Waals surface area contributed by atoms with Crippen LogP contribution in [-0.2, 0) is 4.79 Å². The molecule has 0 aromatic carbocycles. The van der Waals surface area contributed by atoms with Crippen LogP contribution in [0.5, 0.6) is 0 Å². The van der Waals surface area contributed by atoms with E-state index < -0.39 is 5.92 Å². The number of thiophene rings is 1. The average molecular weight is 196 g/mol. The Morgan fingerprint density at radius 3 is 2.69 bits per heavy atom. The quantitative estimate of drug-likeness (QED) is 0.548. The third-order valence-electron chi connectivity index (χ3n) is 2.03. The molecule has 0 saturated heterocycles. The summed E-state index contributed by atoms with van der Waals surface area (Å²) in [4.78, 5) is 22.8. The fourth-order valence-electron chi connectivity index (χ4n) is 1.11. The summed E-state index contributed by atoms with van der Waals surface area (Å²) in [5.74, 6) is -0.538. The van der Waals surface area contributed by atoms with Crippen molar-refractivity contribution in [2.45, 2.75) is 20.3 Å². The number of hydrogen-bond acceptors (Lipinski definition) is 3. The molecule has 0 aliphatic heterocycles. The predicted octanol–water partition coefficient (Wildman–Crippen LogP) is 2.55. The highest BCUT2D eigenvalue weighted by Gasteiger charge is 2.20. The molecule has 0 aliphatic carbocycles. The minimum atomic E-state index is -0.486. The second-order valence-corrected chi connectivity index (χ2v) is 3.70. The number of ketones is 2. The number of carbonyl (C=O) groups excluding carboxylic acids is 2. The minimum absolute atomic E-state index is 0.0104. The smallest absolute Gasteiger partial charge is 0.173 e. The van der Waals surface area contributed by atoms with Crippen LogP contribution >= 0.6 is 11.3 Å². The van der Waals surface area contributed by atoms with E-state index in [9.17, 15) is 9.59 Å². The van der Waals surface area contributed by atoms with Crippen LogP contribution in [0, 0.1) is 5.92 Å². The van der Waals surface area contributed by atoms with E-state index in [4.69, 9.17) is 0 Å². The van der Waals surface area contributed by atoms with Gasteiger partial charge in [-0.1, -0.05) is 6.92 Å². The van der Waals surface area contributed by atoms with Gasteiger partial charge in [0.2, 0.25) is 0 Å². The first-order valence-corrected chi connectivity index (χ1v) is 5.20. The molecular weight excluding hydrogens is 184 g/mol. The van der Waals surface area contributed by atoms with Gasteiger partial charge in [-0.3, -0.25) is 9.59 Å². The van der Waals surface area contributed by atoms with Gasteiger partial charge in [-0.15, -0.1) is 0 Å². The SMILES string of the molecule is CCC(=O)C(C)C(=O)c1ccsc1. The zero-order chi connectivity index (χ0) is 9.84. The van der Waals surface area contributed by atoms with Crippen LogP contribution in [-0.4, -0.2) is 11.6 Å². The van der Waals surface area contributed by atoms with Gasteiger partial charge in [0.1, 0.15) is 5.78 Å². The molecule has 0 radical (unpaired) electrons. The van der Waals surface area contributed by atoms with Gasteiger partial charge in [-0.05, 0) is 18.4 Å². The van der Waals surface area contributed by atoms with E-state index in [0.29, 0.717) is 12.0 Å². The first kappa shape index (κ1) is 10.1. The van der Waals surface area contributed by atoms with Gasteiger partial charge >= 0.3 is 0 Å². The lowest BCUT2D eigenvalue weighted by atomic mass is 9.96. The molecule has 1 aromatic heterocycles. The van der Waals surface area contributed by atoms with Gasteiger partial charge in [0.05, 0.1) is 5.92 Å². The van der Waals surface area contributed by atoms with Crippen molar-refractivity contribution in [3.05, 3.63) is 22.4 Å². The number of hydrogen-bond donors (Lipinski definition) is 0. The lowest BCUT2D eigenvalue weighted by molar-refractivity contribution is -0.120. The van der Waals surface area contributed by atoms with Gasteiger partial charge in [-0.25, -0.2) is 0 Å². The molecule has 1 rings (SSSR count). The second kappa shape index (κ2) is 4.33. The maximum Gasteiger partial charge on any atom is 0.173 e. The van der Waals surface area contributed by atoms with E-state index in [-0.39, 0.29) is 11.6 Å². The summed E-state index contributed by atoms with van der Waals surface area (Å²) in [6.45, 7) is 3.45. The van der Waals surface area contributed by atoms with Gasteiger partial charge in [0, 0.05) is 17.4 Å². The Hall–Kier alpha value is -0.960. The van der Waals surface area contributed by atoms with Crippen LogP contribution in [0.25, 0.3) is 0 Å². The van der Waals surface area contributed by atoms with Crippen LogP contribution in [0.3, 0.4) is 0 Å². The van der Waals surface area contributed by atoms with Crippen molar-refractivity contribution in [1.29, 1.82) is 0 Å². The number of rotatable bonds is 4. The monoisotopic (exact) mass is 196 g/mol. The Kier molecular flexibility index (Phi) is 3.37. The number of carbonyl (C=O) groups is 2. The molecule has 0 amide bonds. The molecule has 0 spiro atoms. The molecular formula is C10H12O2S. The van der Waals surface area contributed by atoms with Crippen molar-refractivity contribution in [1.82, 2.24) is 0 Å².